The van der Waals surface area contributed by atoms with Crippen LogP contribution in [-0.4, -0.2) is 46.0 Å². The first-order valence-corrected chi connectivity index (χ1v) is 9.88. The van der Waals surface area contributed by atoms with Gasteiger partial charge in [0.05, 0.1) is 16.9 Å². The zero-order valence-electron chi connectivity index (χ0n) is 15.9. The van der Waals surface area contributed by atoms with Gasteiger partial charge in [0.2, 0.25) is 11.9 Å². The number of aromatic nitrogens is 3. The fourth-order valence-corrected chi connectivity index (χ4v) is 3.39. The van der Waals surface area contributed by atoms with E-state index < -0.39 is 0 Å². The lowest BCUT2D eigenvalue weighted by Crippen LogP contribution is -2.33. The summed E-state index contributed by atoms with van der Waals surface area (Å²) in [6, 6.07) is 4.37. The van der Waals surface area contributed by atoms with Crippen molar-refractivity contribution in [2.75, 3.05) is 23.7 Å². The van der Waals surface area contributed by atoms with Gasteiger partial charge < -0.3 is 21.7 Å². The molecule has 0 unspecified atom stereocenters. The molecule has 150 valence electrons. The standard InChI is InChI=1S/C19H26ClN7O/c1-12(28)22-8-9-24-17-10-13(6-7-23-17)18-16(20)11-25-19(27-18)26-15-4-2-14(21)3-5-15/h6-7,10-11,14-15H,2-5,8-9,21H2,1H3,(H,22,28)(H,23,24)(H,25,26,27). The highest BCUT2D eigenvalue weighted by Gasteiger charge is 2.19. The Kier molecular flexibility index (Phi) is 7.00. The number of nitrogens with one attached hydrogen (secondary N) is 3. The van der Waals surface area contributed by atoms with Gasteiger partial charge in [-0.25, -0.2) is 15.0 Å². The number of carbonyl (C=O) groups excluding carboxylic acids is 1. The lowest BCUT2D eigenvalue weighted by Gasteiger charge is -2.26. The van der Waals surface area contributed by atoms with E-state index in [1.165, 1.54) is 6.92 Å². The number of hydrogen-bond acceptors (Lipinski definition) is 7. The number of amides is 1. The van der Waals surface area contributed by atoms with Crippen LogP contribution in [0.2, 0.25) is 5.02 Å². The molecule has 0 atom stereocenters. The van der Waals surface area contributed by atoms with Crippen LogP contribution in [0, 0.1) is 0 Å². The monoisotopic (exact) mass is 403 g/mol. The minimum absolute atomic E-state index is 0.0590. The first kappa shape index (κ1) is 20.3. The molecular weight excluding hydrogens is 378 g/mol. The van der Waals surface area contributed by atoms with Crippen molar-refractivity contribution >= 4 is 29.3 Å². The molecule has 2 heterocycles. The van der Waals surface area contributed by atoms with Gasteiger partial charge in [0.15, 0.2) is 0 Å². The molecule has 1 fully saturated rings. The van der Waals surface area contributed by atoms with Gasteiger partial charge in [-0.1, -0.05) is 11.6 Å². The molecule has 2 aromatic rings. The summed E-state index contributed by atoms with van der Waals surface area (Å²) in [5, 5.41) is 9.78. The molecule has 5 N–H and O–H groups in total. The summed E-state index contributed by atoms with van der Waals surface area (Å²) in [6.07, 6.45) is 7.36. The number of anilines is 2. The summed E-state index contributed by atoms with van der Waals surface area (Å²) in [5.74, 6) is 1.20. The van der Waals surface area contributed by atoms with Gasteiger partial charge in [-0.2, -0.15) is 0 Å². The largest absolute Gasteiger partial charge is 0.368 e. The van der Waals surface area contributed by atoms with Crippen molar-refractivity contribution in [2.45, 2.75) is 44.7 Å². The van der Waals surface area contributed by atoms with Crippen LogP contribution in [-0.2, 0) is 4.79 Å². The maximum Gasteiger partial charge on any atom is 0.223 e. The average Bonchev–Trinajstić information content (AvgIpc) is 2.68. The number of nitrogens with two attached hydrogens (primary N) is 1. The molecule has 0 radical (unpaired) electrons. The highest BCUT2D eigenvalue weighted by Crippen LogP contribution is 2.28. The number of nitrogens with zero attached hydrogens (tertiary/aromatic N) is 3. The Bertz CT molecular complexity index is 809. The Balaban J connectivity index is 1.68. The Hall–Kier alpha value is -2.45. The van der Waals surface area contributed by atoms with Gasteiger partial charge >= 0.3 is 0 Å². The van der Waals surface area contributed by atoms with Crippen LogP contribution >= 0.6 is 11.6 Å². The van der Waals surface area contributed by atoms with Gasteiger partial charge in [0, 0.05) is 43.9 Å². The van der Waals surface area contributed by atoms with E-state index in [2.05, 4.69) is 30.9 Å². The lowest BCUT2D eigenvalue weighted by atomic mass is 9.92. The van der Waals surface area contributed by atoms with Gasteiger partial charge in [0.1, 0.15) is 5.82 Å². The molecule has 0 saturated heterocycles. The van der Waals surface area contributed by atoms with Crippen LogP contribution in [0.4, 0.5) is 11.8 Å². The maximum absolute atomic E-state index is 10.9. The minimum Gasteiger partial charge on any atom is -0.368 e. The molecule has 0 aromatic carbocycles. The third-order valence-corrected chi connectivity index (χ3v) is 4.96. The first-order valence-electron chi connectivity index (χ1n) is 9.50. The van der Waals surface area contributed by atoms with Crippen LogP contribution in [0.15, 0.2) is 24.5 Å². The first-order chi connectivity index (χ1) is 13.5. The van der Waals surface area contributed by atoms with Crippen LogP contribution in [0.5, 0.6) is 0 Å². The van der Waals surface area contributed by atoms with Crippen molar-refractivity contribution in [3.05, 3.63) is 29.5 Å². The molecule has 2 aromatic heterocycles. The Labute approximate surface area is 169 Å². The molecule has 8 nitrogen and oxygen atoms in total. The van der Waals surface area contributed by atoms with E-state index in [1.54, 1.807) is 12.4 Å². The Morgan fingerprint density at radius 2 is 2.04 bits per heavy atom. The molecular formula is C19H26ClN7O. The molecule has 0 spiro atoms. The van der Waals surface area contributed by atoms with E-state index in [0.29, 0.717) is 47.7 Å². The molecule has 9 heteroatoms. The van der Waals surface area contributed by atoms with Crippen LogP contribution in [0.3, 0.4) is 0 Å². The minimum atomic E-state index is -0.0590. The summed E-state index contributed by atoms with van der Waals surface area (Å²) < 4.78 is 0. The fraction of sp³-hybridized carbons (Fsp3) is 0.474. The highest BCUT2D eigenvalue weighted by atomic mass is 35.5. The fourth-order valence-electron chi connectivity index (χ4n) is 3.19. The molecule has 0 aliphatic heterocycles. The van der Waals surface area contributed by atoms with Crippen molar-refractivity contribution in [1.29, 1.82) is 0 Å². The highest BCUT2D eigenvalue weighted by molar-refractivity contribution is 6.32. The lowest BCUT2D eigenvalue weighted by molar-refractivity contribution is -0.118. The summed E-state index contributed by atoms with van der Waals surface area (Å²) in [7, 11) is 0. The predicted molar refractivity (Wildman–Crippen MR) is 111 cm³/mol. The van der Waals surface area contributed by atoms with Crippen LogP contribution < -0.4 is 21.7 Å². The van der Waals surface area contributed by atoms with Crippen molar-refractivity contribution in [3.8, 4) is 11.3 Å². The number of hydrogen-bond donors (Lipinski definition) is 4. The van der Waals surface area contributed by atoms with Crippen molar-refractivity contribution < 1.29 is 4.79 Å². The quantitative estimate of drug-likeness (QED) is 0.524. The summed E-state index contributed by atoms with van der Waals surface area (Å²) in [6.45, 7) is 2.59. The summed E-state index contributed by atoms with van der Waals surface area (Å²) in [5.41, 5.74) is 7.47. The number of halogens is 1. The molecule has 1 amide bonds. The normalized spacial score (nSPS) is 19.1. The molecule has 1 aliphatic rings. The second kappa shape index (κ2) is 9.66. The van der Waals surface area contributed by atoms with E-state index >= 15 is 0 Å². The Morgan fingerprint density at radius 3 is 2.79 bits per heavy atom. The summed E-state index contributed by atoms with van der Waals surface area (Å²) >= 11 is 6.35. The van der Waals surface area contributed by atoms with E-state index in [9.17, 15) is 4.79 Å². The zero-order chi connectivity index (χ0) is 19.9. The zero-order valence-corrected chi connectivity index (χ0v) is 16.7. The molecule has 28 heavy (non-hydrogen) atoms. The number of pyridine rings is 1. The molecule has 3 rings (SSSR count). The predicted octanol–water partition coefficient (Wildman–Crippen LogP) is 2.42. The SMILES string of the molecule is CC(=O)NCCNc1cc(-c2nc(NC3CCC(N)CC3)ncc2Cl)ccn1. The van der Waals surface area contributed by atoms with Gasteiger partial charge in [-0.3, -0.25) is 4.79 Å². The van der Waals surface area contributed by atoms with Gasteiger partial charge in [0.25, 0.3) is 0 Å². The second-order valence-electron chi connectivity index (χ2n) is 6.99. The van der Waals surface area contributed by atoms with Crippen molar-refractivity contribution in [1.82, 2.24) is 20.3 Å². The molecule has 0 bridgehead atoms. The van der Waals surface area contributed by atoms with Crippen molar-refractivity contribution in [2.24, 2.45) is 5.73 Å². The maximum atomic E-state index is 10.9. The summed E-state index contributed by atoms with van der Waals surface area (Å²) in [4.78, 5) is 24.2. The second-order valence-corrected chi connectivity index (χ2v) is 7.39. The molecule has 1 saturated carbocycles. The van der Waals surface area contributed by atoms with Gasteiger partial charge in [-0.15, -0.1) is 0 Å². The van der Waals surface area contributed by atoms with E-state index in [4.69, 9.17) is 17.3 Å². The number of carbonyl (C=O) groups is 1. The third-order valence-electron chi connectivity index (χ3n) is 4.69. The van der Waals surface area contributed by atoms with E-state index in [-0.39, 0.29) is 5.91 Å². The number of rotatable bonds is 7. The van der Waals surface area contributed by atoms with E-state index in [1.807, 2.05) is 12.1 Å². The van der Waals surface area contributed by atoms with E-state index in [0.717, 1.165) is 31.2 Å². The molecule has 1 aliphatic carbocycles. The van der Waals surface area contributed by atoms with Crippen LogP contribution in [0.25, 0.3) is 11.3 Å². The van der Waals surface area contributed by atoms with Crippen LogP contribution in [0.1, 0.15) is 32.6 Å². The average molecular weight is 404 g/mol. The Morgan fingerprint density at radius 1 is 1.25 bits per heavy atom. The topological polar surface area (TPSA) is 118 Å². The van der Waals surface area contributed by atoms with Crippen molar-refractivity contribution in [3.63, 3.8) is 0 Å². The van der Waals surface area contributed by atoms with Gasteiger partial charge in [-0.05, 0) is 37.8 Å². The smallest absolute Gasteiger partial charge is 0.223 e. The third kappa shape index (κ3) is 5.77.